The molecule has 3 nitrogen and oxygen atoms in total. The van der Waals surface area contributed by atoms with Gasteiger partial charge in [-0.2, -0.15) is 0 Å². The Bertz CT molecular complexity index is 390. The zero-order valence-corrected chi connectivity index (χ0v) is 12.3. The van der Waals surface area contributed by atoms with E-state index in [0.717, 1.165) is 18.5 Å². The van der Waals surface area contributed by atoms with E-state index < -0.39 is 0 Å². The first-order valence-electron chi connectivity index (χ1n) is 7.31. The van der Waals surface area contributed by atoms with Crippen LogP contribution in [0.25, 0.3) is 0 Å². The second kappa shape index (κ2) is 6.40. The lowest BCUT2D eigenvalue weighted by Crippen LogP contribution is -2.36. The Labute approximate surface area is 116 Å². The zero-order chi connectivity index (χ0) is 13.8. The van der Waals surface area contributed by atoms with Crippen LogP contribution in [-0.2, 0) is 0 Å². The summed E-state index contributed by atoms with van der Waals surface area (Å²) in [6.07, 6.45) is 3.05. The highest BCUT2D eigenvalue weighted by Gasteiger charge is 2.22. The lowest BCUT2D eigenvalue weighted by atomic mass is 10.1. The monoisotopic (exact) mass is 262 g/mol. The van der Waals surface area contributed by atoms with Crippen LogP contribution >= 0.6 is 0 Å². The molecule has 0 radical (unpaired) electrons. The van der Waals surface area contributed by atoms with Gasteiger partial charge < -0.3 is 14.9 Å². The van der Waals surface area contributed by atoms with Crippen LogP contribution < -0.4 is 4.90 Å². The third-order valence-corrected chi connectivity index (χ3v) is 4.26. The zero-order valence-electron chi connectivity index (χ0n) is 12.3. The molecule has 3 heteroatoms. The molecule has 0 aromatic heterocycles. The number of aliphatic hydroxyl groups excluding tert-OH is 1. The van der Waals surface area contributed by atoms with Crippen LogP contribution in [0.4, 0.5) is 5.69 Å². The van der Waals surface area contributed by atoms with Crippen LogP contribution in [-0.4, -0.2) is 43.2 Å². The molecule has 1 heterocycles. The van der Waals surface area contributed by atoms with Crippen LogP contribution in [0.15, 0.2) is 24.3 Å². The third kappa shape index (κ3) is 3.48. The van der Waals surface area contributed by atoms with Crippen LogP contribution in [0.1, 0.15) is 37.9 Å². The molecule has 0 saturated carbocycles. The number of benzene rings is 1. The number of rotatable bonds is 5. The minimum Gasteiger partial charge on any atom is -0.388 e. The van der Waals surface area contributed by atoms with Crippen molar-refractivity contribution >= 4 is 5.69 Å². The number of nitrogens with zero attached hydrogens (tertiary/aromatic N) is 2. The molecule has 1 unspecified atom stereocenters. The maximum absolute atomic E-state index is 9.80. The Kier molecular flexibility index (Phi) is 4.83. The highest BCUT2D eigenvalue weighted by molar-refractivity contribution is 5.47. The van der Waals surface area contributed by atoms with E-state index in [4.69, 9.17) is 0 Å². The Morgan fingerprint density at radius 1 is 1.37 bits per heavy atom. The van der Waals surface area contributed by atoms with Crippen LogP contribution in [0, 0.1) is 0 Å². The first kappa shape index (κ1) is 14.4. The maximum Gasteiger partial charge on any atom is 0.0787 e. The van der Waals surface area contributed by atoms with Gasteiger partial charge in [0, 0.05) is 25.3 Å². The van der Waals surface area contributed by atoms with Gasteiger partial charge in [0.25, 0.3) is 0 Å². The van der Waals surface area contributed by atoms with Gasteiger partial charge in [-0.15, -0.1) is 0 Å². The summed E-state index contributed by atoms with van der Waals surface area (Å²) in [5, 5.41) is 9.80. The third-order valence-electron chi connectivity index (χ3n) is 4.26. The molecule has 0 amide bonds. The highest BCUT2D eigenvalue weighted by atomic mass is 16.3. The fourth-order valence-corrected chi connectivity index (χ4v) is 2.82. The summed E-state index contributed by atoms with van der Waals surface area (Å²) in [5.74, 6) is 0. The Balaban J connectivity index is 1.97. The molecule has 1 fully saturated rings. The highest BCUT2D eigenvalue weighted by Crippen LogP contribution is 2.22. The second-order valence-electron chi connectivity index (χ2n) is 5.67. The molecule has 2 atom stereocenters. The number of hydrogen-bond acceptors (Lipinski definition) is 3. The Morgan fingerprint density at radius 2 is 2.05 bits per heavy atom. The molecule has 1 aliphatic rings. The number of likely N-dealkylation sites (tertiary alicyclic amines) is 1. The van der Waals surface area contributed by atoms with Crippen LogP contribution in [0.2, 0.25) is 0 Å². The SMILES string of the molecule is CC[C@H](O)c1ccc(N(C)CC2CCCN2C)cc1. The molecule has 1 N–H and O–H groups in total. The standard InChI is InChI=1S/C16H26N2O/c1-4-16(19)13-7-9-14(10-8-13)18(3)12-15-6-5-11-17(15)2/h7-10,15-16,19H,4-6,11-12H2,1-3H3/t15?,16-/m0/s1. The maximum atomic E-state index is 9.80. The van der Waals surface area contributed by atoms with E-state index >= 15 is 0 Å². The normalized spacial score (nSPS) is 21.6. The Morgan fingerprint density at radius 3 is 2.58 bits per heavy atom. The number of likely N-dealkylation sites (N-methyl/N-ethyl adjacent to an activating group) is 2. The number of aliphatic hydroxyl groups is 1. The second-order valence-corrected chi connectivity index (χ2v) is 5.67. The molecule has 106 valence electrons. The minimum atomic E-state index is -0.333. The summed E-state index contributed by atoms with van der Waals surface area (Å²) in [7, 11) is 4.36. The van der Waals surface area contributed by atoms with Gasteiger partial charge in [0.2, 0.25) is 0 Å². The summed E-state index contributed by atoms with van der Waals surface area (Å²) in [6.45, 7) is 4.30. The summed E-state index contributed by atoms with van der Waals surface area (Å²) in [5.41, 5.74) is 2.24. The largest absolute Gasteiger partial charge is 0.388 e. The van der Waals surface area contributed by atoms with Crippen molar-refractivity contribution in [3.63, 3.8) is 0 Å². The minimum absolute atomic E-state index is 0.333. The Hall–Kier alpha value is -1.06. The van der Waals surface area contributed by atoms with Gasteiger partial charge in [0.05, 0.1) is 6.10 Å². The van der Waals surface area contributed by atoms with Gasteiger partial charge in [-0.05, 0) is 50.6 Å². The van der Waals surface area contributed by atoms with E-state index in [-0.39, 0.29) is 6.10 Å². The van der Waals surface area contributed by atoms with E-state index in [1.54, 1.807) is 0 Å². The molecule has 1 aromatic rings. The first-order chi connectivity index (χ1) is 9.11. The first-order valence-corrected chi connectivity index (χ1v) is 7.31. The smallest absolute Gasteiger partial charge is 0.0787 e. The van der Waals surface area contributed by atoms with E-state index in [0.29, 0.717) is 6.04 Å². The van der Waals surface area contributed by atoms with Crippen molar-refractivity contribution < 1.29 is 5.11 Å². The van der Waals surface area contributed by atoms with E-state index in [9.17, 15) is 5.11 Å². The van der Waals surface area contributed by atoms with Crippen molar-refractivity contribution in [1.82, 2.24) is 4.90 Å². The number of anilines is 1. The summed E-state index contributed by atoms with van der Waals surface area (Å²) >= 11 is 0. The summed E-state index contributed by atoms with van der Waals surface area (Å²) in [6, 6.07) is 8.98. The molecule has 2 rings (SSSR count). The van der Waals surface area contributed by atoms with Crippen molar-refractivity contribution in [2.24, 2.45) is 0 Å². The van der Waals surface area contributed by atoms with Gasteiger partial charge in [0.1, 0.15) is 0 Å². The fraction of sp³-hybridized carbons (Fsp3) is 0.625. The molecule has 19 heavy (non-hydrogen) atoms. The van der Waals surface area contributed by atoms with Crippen molar-refractivity contribution in [3.05, 3.63) is 29.8 Å². The summed E-state index contributed by atoms with van der Waals surface area (Å²) in [4.78, 5) is 4.76. The molecule has 0 spiro atoms. The van der Waals surface area contributed by atoms with Gasteiger partial charge >= 0.3 is 0 Å². The van der Waals surface area contributed by atoms with Crippen LogP contribution in [0.3, 0.4) is 0 Å². The van der Waals surface area contributed by atoms with E-state index in [2.05, 4.69) is 36.0 Å². The predicted molar refractivity (Wildman–Crippen MR) is 80.6 cm³/mol. The number of hydrogen-bond donors (Lipinski definition) is 1. The topological polar surface area (TPSA) is 26.7 Å². The van der Waals surface area contributed by atoms with Crippen molar-refractivity contribution in [1.29, 1.82) is 0 Å². The van der Waals surface area contributed by atoms with Crippen LogP contribution in [0.5, 0.6) is 0 Å². The molecular formula is C16H26N2O. The summed E-state index contributed by atoms with van der Waals surface area (Å²) < 4.78 is 0. The van der Waals surface area contributed by atoms with Gasteiger partial charge in [-0.25, -0.2) is 0 Å². The molecular weight excluding hydrogens is 236 g/mol. The predicted octanol–water partition coefficient (Wildman–Crippen LogP) is 2.66. The molecule has 1 aliphatic heterocycles. The van der Waals surface area contributed by atoms with E-state index in [1.807, 2.05) is 19.1 Å². The van der Waals surface area contributed by atoms with Crippen molar-refractivity contribution in [2.45, 2.75) is 38.3 Å². The quantitative estimate of drug-likeness (QED) is 0.884. The average molecular weight is 262 g/mol. The van der Waals surface area contributed by atoms with Crippen molar-refractivity contribution in [2.75, 3.05) is 32.1 Å². The van der Waals surface area contributed by atoms with Gasteiger partial charge in [-0.1, -0.05) is 19.1 Å². The van der Waals surface area contributed by atoms with Gasteiger partial charge in [-0.3, -0.25) is 0 Å². The molecule has 1 aromatic carbocycles. The van der Waals surface area contributed by atoms with Gasteiger partial charge in [0.15, 0.2) is 0 Å². The van der Waals surface area contributed by atoms with Crippen molar-refractivity contribution in [3.8, 4) is 0 Å². The molecule has 0 aliphatic carbocycles. The molecule has 1 saturated heterocycles. The fourth-order valence-electron chi connectivity index (χ4n) is 2.82. The lowest BCUT2D eigenvalue weighted by molar-refractivity contribution is 0.173. The lowest BCUT2D eigenvalue weighted by Gasteiger charge is -2.27. The van der Waals surface area contributed by atoms with E-state index in [1.165, 1.54) is 25.1 Å². The molecule has 0 bridgehead atoms. The average Bonchev–Trinajstić information content (AvgIpc) is 2.83.